The molecule has 0 unspecified atom stereocenters. The molecule has 4 nitrogen and oxygen atoms in total. The molecule has 1 aromatic carbocycles. The van der Waals surface area contributed by atoms with Gasteiger partial charge >= 0.3 is 0 Å². The maximum atomic E-state index is 11.8. The number of benzene rings is 1. The topological polar surface area (TPSA) is 55.4 Å². The molecule has 1 N–H and O–H groups in total. The summed E-state index contributed by atoms with van der Waals surface area (Å²) in [5.41, 5.74) is 2.33. The van der Waals surface area contributed by atoms with Gasteiger partial charge in [0.15, 0.2) is 6.61 Å². The van der Waals surface area contributed by atoms with Gasteiger partial charge in [-0.2, -0.15) is 0 Å². The van der Waals surface area contributed by atoms with E-state index >= 15 is 0 Å². The van der Waals surface area contributed by atoms with E-state index in [1.807, 2.05) is 20.8 Å². The van der Waals surface area contributed by atoms with Crippen molar-refractivity contribution in [2.45, 2.75) is 40.7 Å². The van der Waals surface area contributed by atoms with Crippen LogP contribution in [0.4, 0.5) is 0 Å². The Morgan fingerprint density at radius 2 is 1.80 bits per heavy atom. The molecule has 0 radical (unpaired) electrons. The molecule has 0 aliphatic carbocycles. The molecule has 0 saturated heterocycles. The van der Waals surface area contributed by atoms with Gasteiger partial charge in [-0.3, -0.25) is 9.59 Å². The summed E-state index contributed by atoms with van der Waals surface area (Å²) in [5, 5.41) is 2.89. The van der Waals surface area contributed by atoms with Gasteiger partial charge in [-0.05, 0) is 49.9 Å². The van der Waals surface area contributed by atoms with Crippen LogP contribution < -0.4 is 10.1 Å². The lowest BCUT2D eigenvalue weighted by atomic mass is 10.1. The molecule has 20 heavy (non-hydrogen) atoms. The molecule has 0 aliphatic heterocycles. The van der Waals surface area contributed by atoms with Crippen LogP contribution in [0.2, 0.25) is 0 Å². The van der Waals surface area contributed by atoms with Crippen molar-refractivity contribution in [2.75, 3.05) is 6.61 Å². The predicted molar refractivity (Wildman–Crippen MR) is 79.2 cm³/mol. The first kappa shape index (κ1) is 16.2. The fraction of sp³-hybridized carbons (Fsp3) is 0.500. The number of rotatable bonds is 6. The molecule has 0 aromatic heterocycles. The summed E-state index contributed by atoms with van der Waals surface area (Å²) in [6, 6.07) is 3.62. The summed E-state index contributed by atoms with van der Waals surface area (Å²) in [4.78, 5) is 22.6. The van der Waals surface area contributed by atoms with E-state index in [9.17, 15) is 9.59 Å². The van der Waals surface area contributed by atoms with Crippen molar-refractivity contribution in [2.24, 2.45) is 5.92 Å². The first-order valence-electron chi connectivity index (χ1n) is 6.83. The van der Waals surface area contributed by atoms with E-state index in [1.165, 1.54) is 0 Å². The highest BCUT2D eigenvalue weighted by atomic mass is 16.5. The fourth-order valence-electron chi connectivity index (χ4n) is 1.88. The van der Waals surface area contributed by atoms with Crippen LogP contribution in [0.15, 0.2) is 12.1 Å². The van der Waals surface area contributed by atoms with Crippen molar-refractivity contribution in [1.82, 2.24) is 5.32 Å². The molecule has 0 aliphatic rings. The van der Waals surface area contributed by atoms with Crippen LogP contribution >= 0.6 is 0 Å². The zero-order valence-electron chi connectivity index (χ0n) is 12.8. The number of hydrogen-bond acceptors (Lipinski definition) is 3. The second-order valence-electron chi connectivity index (χ2n) is 5.49. The van der Waals surface area contributed by atoms with Crippen LogP contribution in [0.25, 0.3) is 0 Å². The summed E-state index contributed by atoms with van der Waals surface area (Å²) < 4.78 is 5.58. The molecular formula is C16H23NO3. The standard InChI is InChI=1S/C16H23NO3/c1-10(2)13(5)17-15(19)9-20-16-11(3)6-14(8-18)7-12(16)4/h6-8,10,13H,9H2,1-5H3,(H,17,19)/t13-/m0/s1. The number of nitrogens with one attached hydrogen (secondary N) is 1. The van der Waals surface area contributed by atoms with Crippen molar-refractivity contribution in [1.29, 1.82) is 0 Å². The Kier molecular flexibility index (Phi) is 5.74. The van der Waals surface area contributed by atoms with E-state index < -0.39 is 0 Å². The second-order valence-corrected chi connectivity index (χ2v) is 5.49. The summed E-state index contributed by atoms with van der Waals surface area (Å²) in [6.07, 6.45) is 0.806. The zero-order chi connectivity index (χ0) is 15.3. The van der Waals surface area contributed by atoms with Gasteiger partial charge in [0.25, 0.3) is 5.91 Å². The molecule has 0 heterocycles. The second kappa shape index (κ2) is 7.08. The minimum Gasteiger partial charge on any atom is -0.483 e. The maximum Gasteiger partial charge on any atom is 0.258 e. The van der Waals surface area contributed by atoms with Crippen molar-refractivity contribution in [3.8, 4) is 5.75 Å². The van der Waals surface area contributed by atoms with Crippen molar-refractivity contribution < 1.29 is 14.3 Å². The number of hydrogen-bond donors (Lipinski definition) is 1. The average Bonchev–Trinajstić information content (AvgIpc) is 2.37. The van der Waals surface area contributed by atoms with Crippen LogP contribution in [0, 0.1) is 19.8 Å². The summed E-state index contributed by atoms with van der Waals surface area (Å²) in [7, 11) is 0. The monoisotopic (exact) mass is 277 g/mol. The molecule has 0 spiro atoms. The third-order valence-corrected chi connectivity index (χ3v) is 3.36. The van der Waals surface area contributed by atoms with Crippen LogP contribution in [-0.4, -0.2) is 24.8 Å². The van der Waals surface area contributed by atoms with E-state index in [-0.39, 0.29) is 18.6 Å². The number of aldehydes is 1. The Labute approximate surface area is 120 Å². The summed E-state index contributed by atoms with van der Waals surface area (Å²) in [6.45, 7) is 9.79. The molecule has 1 aromatic rings. The van der Waals surface area contributed by atoms with Gasteiger partial charge in [-0.25, -0.2) is 0 Å². The number of carbonyl (C=O) groups excluding carboxylic acids is 2. The minimum atomic E-state index is -0.135. The molecule has 0 bridgehead atoms. The SMILES string of the molecule is Cc1cc(C=O)cc(C)c1OCC(=O)N[C@@H](C)C(C)C. The molecule has 1 rings (SSSR count). The molecule has 0 saturated carbocycles. The van der Waals surface area contributed by atoms with Gasteiger partial charge in [0.2, 0.25) is 0 Å². The molecular weight excluding hydrogens is 254 g/mol. The van der Waals surface area contributed by atoms with E-state index in [0.717, 1.165) is 17.4 Å². The number of aryl methyl sites for hydroxylation is 2. The Hall–Kier alpha value is -1.84. The third kappa shape index (κ3) is 4.37. The van der Waals surface area contributed by atoms with Gasteiger partial charge in [0, 0.05) is 11.6 Å². The highest BCUT2D eigenvalue weighted by Gasteiger charge is 2.13. The van der Waals surface area contributed by atoms with Crippen LogP contribution in [0.1, 0.15) is 42.3 Å². The third-order valence-electron chi connectivity index (χ3n) is 3.36. The number of carbonyl (C=O) groups is 2. The minimum absolute atomic E-state index is 0.0147. The molecule has 0 fully saturated rings. The van der Waals surface area contributed by atoms with Gasteiger partial charge < -0.3 is 10.1 Å². The summed E-state index contributed by atoms with van der Waals surface area (Å²) in [5.74, 6) is 0.918. The maximum absolute atomic E-state index is 11.8. The molecule has 1 atom stereocenters. The van der Waals surface area contributed by atoms with Crippen LogP contribution in [0.3, 0.4) is 0 Å². The van der Waals surface area contributed by atoms with Gasteiger partial charge in [-0.1, -0.05) is 13.8 Å². The largest absolute Gasteiger partial charge is 0.483 e. The lowest BCUT2D eigenvalue weighted by molar-refractivity contribution is -0.124. The van der Waals surface area contributed by atoms with E-state index in [0.29, 0.717) is 17.2 Å². The predicted octanol–water partition coefficient (Wildman–Crippen LogP) is 2.66. The smallest absolute Gasteiger partial charge is 0.258 e. The van der Waals surface area contributed by atoms with Crippen molar-refractivity contribution >= 4 is 12.2 Å². The van der Waals surface area contributed by atoms with E-state index in [4.69, 9.17) is 4.74 Å². The van der Waals surface area contributed by atoms with Crippen molar-refractivity contribution in [3.05, 3.63) is 28.8 Å². The van der Waals surface area contributed by atoms with Crippen LogP contribution in [0.5, 0.6) is 5.75 Å². The highest BCUT2D eigenvalue weighted by molar-refractivity contribution is 5.78. The van der Waals surface area contributed by atoms with Gasteiger partial charge in [0.1, 0.15) is 12.0 Å². The highest BCUT2D eigenvalue weighted by Crippen LogP contribution is 2.24. The zero-order valence-corrected chi connectivity index (χ0v) is 12.8. The van der Waals surface area contributed by atoms with Crippen LogP contribution in [-0.2, 0) is 4.79 Å². The molecule has 110 valence electrons. The Morgan fingerprint density at radius 3 is 2.25 bits per heavy atom. The molecule has 1 amide bonds. The normalized spacial score (nSPS) is 12.1. The average molecular weight is 277 g/mol. The first-order valence-corrected chi connectivity index (χ1v) is 6.83. The lowest BCUT2D eigenvalue weighted by Crippen LogP contribution is -2.39. The Balaban J connectivity index is 2.66. The fourth-order valence-corrected chi connectivity index (χ4v) is 1.88. The number of ether oxygens (including phenoxy) is 1. The summed E-state index contributed by atoms with van der Waals surface area (Å²) >= 11 is 0. The first-order chi connectivity index (χ1) is 9.35. The van der Waals surface area contributed by atoms with Crippen molar-refractivity contribution in [3.63, 3.8) is 0 Å². The van der Waals surface area contributed by atoms with E-state index in [2.05, 4.69) is 19.2 Å². The number of amides is 1. The Morgan fingerprint density at radius 1 is 1.25 bits per heavy atom. The van der Waals surface area contributed by atoms with Gasteiger partial charge in [-0.15, -0.1) is 0 Å². The van der Waals surface area contributed by atoms with Gasteiger partial charge in [0.05, 0.1) is 0 Å². The molecule has 4 heteroatoms. The van der Waals surface area contributed by atoms with E-state index in [1.54, 1.807) is 12.1 Å². The lowest BCUT2D eigenvalue weighted by Gasteiger charge is -2.18. The Bertz CT molecular complexity index is 471. The quantitative estimate of drug-likeness (QED) is 0.813.